The van der Waals surface area contributed by atoms with Crippen molar-refractivity contribution in [3.8, 4) is 0 Å². The zero-order valence-electron chi connectivity index (χ0n) is 14.1. The molecule has 2 amide bonds. The van der Waals surface area contributed by atoms with Gasteiger partial charge in [0.15, 0.2) is 0 Å². The summed E-state index contributed by atoms with van der Waals surface area (Å²) in [6.45, 7) is 3.95. The molecule has 0 aliphatic heterocycles. The first-order chi connectivity index (χ1) is 11.4. The molecule has 0 bridgehead atoms. The van der Waals surface area contributed by atoms with E-state index in [9.17, 15) is 9.59 Å². The predicted molar refractivity (Wildman–Crippen MR) is 108 cm³/mol. The highest BCUT2D eigenvalue weighted by Gasteiger charge is 2.13. The molecule has 7 heteroatoms. The van der Waals surface area contributed by atoms with Gasteiger partial charge >= 0.3 is 0 Å². The van der Waals surface area contributed by atoms with E-state index in [1.165, 1.54) is 0 Å². The monoisotopic (exact) mass is 379 g/mol. The number of aryl methyl sites for hydroxylation is 1. The van der Waals surface area contributed by atoms with Crippen LogP contribution in [0.4, 0.5) is 11.4 Å². The van der Waals surface area contributed by atoms with Crippen LogP contribution in [0.2, 0.25) is 0 Å². The van der Waals surface area contributed by atoms with Gasteiger partial charge in [-0.2, -0.15) is 12.6 Å². The van der Waals surface area contributed by atoms with E-state index >= 15 is 0 Å². The average molecular weight is 380 g/mol. The second-order valence-electron chi connectivity index (χ2n) is 5.56. The Hall–Kier alpha value is -2.02. The maximum Gasteiger partial charge on any atom is 0.255 e. The Kier molecular flexibility index (Phi) is 7.96. The maximum atomic E-state index is 12.4. The summed E-state index contributed by atoms with van der Waals surface area (Å²) in [5.41, 5.74) is 9.50. The van der Waals surface area contributed by atoms with Crippen LogP contribution in [0.25, 0.3) is 0 Å². The van der Waals surface area contributed by atoms with Gasteiger partial charge in [-0.3, -0.25) is 9.59 Å². The quantitative estimate of drug-likeness (QED) is 0.602. The zero-order chi connectivity index (χ0) is 17.7. The largest absolute Gasteiger partial charge is 0.325 e. The van der Waals surface area contributed by atoms with Gasteiger partial charge in [0, 0.05) is 22.7 Å². The van der Waals surface area contributed by atoms with Crippen LogP contribution >= 0.6 is 25.0 Å². The summed E-state index contributed by atoms with van der Waals surface area (Å²) in [5.74, 6) is -0.325. The van der Waals surface area contributed by atoms with Crippen LogP contribution in [0.15, 0.2) is 42.5 Å². The molecule has 0 spiro atoms. The Morgan fingerprint density at radius 1 is 1.12 bits per heavy atom. The van der Waals surface area contributed by atoms with E-state index in [1.54, 1.807) is 24.3 Å². The van der Waals surface area contributed by atoms with Crippen molar-refractivity contribution in [1.29, 1.82) is 0 Å². The molecule has 1 atom stereocenters. The van der Waals surface area contributed by atoms with Crippen molar-refractivity contribution in [2.45, 2.75) is 19.9 Å². The number of hydrogen-bond acceptors (Lipinski definition) is 4. The van der Waals surface area contributed by atoms with E-state index in [4.69, 9.17) is 5.73 Å². The number of carbonyl (C=O) groups is 2. The third-order valence-electron chi connectivity index (χ3n) is 3.78. The van der Waals surface area contributed by atoms with Crippen LogP contribution < -0.4 is 16.4 Å². The molecule has 25 heavy (non-hydrogen) atoms. The first kappa shape index (κ1) is 21.0. The topological polar surface area (TPSA) is 84.2 Å². The number of halogens is 1. The minimum Gasteiger partial charge on any atom is -0.325 e. The standard InChI is InChI=1S/C18H21N3O2S.ClH/c1-11-5-3-8-16(12(11)2)21-17(22)13-6-4-7-14(9-13)20-18(23)15(19)10-24;/h3-9,15,24H,10,19H2,1-2H3,(H,20,23)(H,21,22);1H/t15-;/m0./s1. The van der Waals surface area contributed by atoms with Crippen molar-refractivity contribution >= 4 is 48.2 Å². The molecule has 0 saturated carbocycles. The Bertz CT molecular complexity index is 768. The number of amides is 2. The fraction of sp³-hybridized carbons (Fsp3) is 0.222. The number of carbonyl (C=O) groups excluding carboxylic acids is 2. The minimum atomic E-state index is -0.694. The van der Waals surface area contributed by atoms with E-state index in [1.807, 2.05) is 32.0 Å². The van der Waals surface area contributed by atoms with Crippen molar-refractivity contribution in [2.24, 2.45) is 5.73 Å². The molecule has 0 aliphatic carbocycles. The van der Waals surface area contributed by atoms with Gasteiger partial charge in [0.05, 0.1) is 6.04 Å². The predicted octanol–water partition coefficient (Wildman–Crippen LogP) is 3.17. The number of anilines is 2. The summed E-state index contributed by atoms with van der Waals surface area (Å²) < 4.78 is 0. The highest BCUT2D eigenvalue weighted by Crippen LogP contribution is 2.19. The molecule has 4 N–H and O–H groups in total. The molecule has 2 aromatic carbocycles. The Morgan fingerprint density at radius 2 is 1.80 bits per heavy atom. The van der Waals surface area contributed by atoms with Crippen LogP contribution in [0.3, 0.4) is 0 Å². The van der Waals surface area contributed by atoms with E-state index in [0.29, 0.717) is 11.3 Å². The Morgan fingerprint density at radius 3 is 2.48 bits per heavy atom. The second kappa shape index (κ2) is 9.46. The van der Waals surface area contributed by atoms with E-state index in [0.717, 1.165) is 16.8 Å². The lowest BCUT2D eigenvalue weighted by Gasteiger charge is -2.12. The second-order valence-corrected chi connectivity index (χ2v) is 5.93. The highest BCUT2D eigenvalue weighted by molar-refractivity contribution is 7.80. The lowest BCUT2D eigenvalue weighted by molar-refractivity contribution is -0.116. The molecular weight excluding hydrogens is 358 g/mol. The highest BCUT2D eigenvalue weighted by atomic mass is 35.5. The van der Waals surface area contributed by atoms with Crippen molar-refractivity contribution in [1.82, 2.24) is 0 Å². The molecule has 2 aromatic rings. The molecular formula is C18H22ClN3O2S. The summed E-state index contributed by atoms with van der Waals surface area (Å²) in [7, 11) is 0. The zero-order valence-corrected chi connectivity index (χ0v) is 15.8. The molecule has 134 valence electrons. The van der Waals surface area contributed by atoms with Crippen molar-refractivity contribution < 1.29 is 9.59 Å². The van der Waals surface area contributed by atoms with E-state index in [2.05, 4.69) is 23.3 Å². The van der Waals surface area contributed by atoms with Gasteiger partial charge in [-0.05, 0) is 49.2 Å². The Balaban J connectivity index is 0.00000312. The summed E-state index contributed by atoms with van der Waals surface area (Å²) >= 11 is 4.00. The van der Waals surface area contributed by atoms with E-state index in [-0.39, 0.29) is 30.0 Å². The summed E-state index contributed by atoms with van der Waals surface area (Å²) in [5, 5.41) is 5.57. The molecule has 5 nitrogen and oxygen atoms in total. The smallest absolute Gasteiger partial charge is 0.255 e. The number of nitrogens with two attached hydrogens (primary N) is 1. The molecule has 0 aliphatic rings. The molecule has 0 saturated heterocycles. The molecule has 0 aromatic heterocycles. The summed E-state index contributed by atoms with van der Waals surface area (Å²) in [6, 6.07) is 11.8. The van der Waals surface area contributed by atoms with Gasteiger partial charge in [0.25, 0.3) is 5.91 Å². The third-order valence-corrected chi connectivity index (χ3v) is 4.17. The fourth-order valence-corrected chi connectivity index (χ4v) is 2.30. The number of rotatable bonds is 5. The van der Waals surface area contributed by atoms with Gasteiger partial charge in [-0.25, -0.2) is 0 Å². The van der Waals surface area contributed by atoms with Gasteiger partial charge < -0.3 is 16.4 Å². The number of nitrogens with one attached hydrogen (secondary N) is 2. The van der Waals surface area contributed by atoms with Gasteiger partial charge in [-0.15, -0.1) is 12.4 Å². The summed E-state index contributed by atoms with van der Waals surface area (Å²) in [4.78, 5) is 24.3. The lowest BCUT2D eigenvalue weighted by atomic mass is 10.1. The number of benzene rings is 2. The maximum absolute atomic E-state index is 12.4. The fourth-order valence-electron chi connectivity index (χ4n) is 2.14. The van der Waals surface area contributed by atoms with Gasteiger partial charge in [0.2, 0.25) is 5.91 Å². The Labute approximate surface area is 159 Å². The van der Waals surface area contributed by atoms with Crippen LogP contribution in [0.1, 0.15) is 21.5 Å². The van der Waals surface area contributed by atoms with Gasteiger partial charge in [0.1, 0.15) is 0 Å². The first-order valence-electron chi connectivity index (χ1n) is 7.57. The van der Waals surface area contributed by atoms with Crippen LogP contribution in [-0.4, -0.2) is 23.6 Å². The van der Waals surface area contributed by atoms with Crippen molar-refractivity contribution in [2.75, 3.05) is 16.4 Å². The molecule has 0 heterocycles. The van der Waals surface area contributed by atoms with Crippen LogP contribution in [-0.2, 0) is 4.79 Å². The van der Waals surface area contributed by atoms with Crippen molar-refractivity contribution in [3.05, 3.63) is 59.2 Å². The third kappa shape index (κ3) is 5.49. The van der Waals surface area contributed by atoms with Gasteiger partial charge in [-0.1, -0.05) is 18.2 Å². The number of hydrogen-bond donors (Lipinski definition) is 4. The number of thiol groups is 1. The normalized spacial score (nSPS) is 11.2. The first-order valence-corrected chi connectivity index (χ1v) is 8.20. The molecule has 0 fully saturated rings. The van der Waals surface area contributed by atoms with Crippen LogP contribution in [0, 0.1) is 13.8 Å². The molecule has 0 unspecified atom stereocenters. The molecule has 2 rings (SSSR count). The van der Waals surface area contributed by atoms with Crippen molar-refractivity contribution in [3.63, 3.8) is 0 Å². The van der Waals surface area contributed by atoms with Crippen LogP contribution in [0.5, 0.6) is 0 Å². The average Bonchev–Trinajstić information content (AvgIpc) is 2.58. The lowest BCUT2D eigenvalue weighted by Crippen LogP contribution is -2.37. The minimum absolute atomic E-state index is 0. The SMILES string of the molecule is Cc1cccc(NC(=O)c2cccc(NC(=O)[C@@H](N)CS)c2)c1C.Cl. The molecule has 0 radical (unpaired) electrons. The summed E-state index contributed by atoms with van der Waals surface area (Å²) in [6.07, 6.45) is 0. The van der Waals surface area contributed by atoms with E-state index < -0.39 is 6.04 Å².